The van der Waals surface area contributed by atoms with E-state index in [1.807, 2.05) is 0 Å². The molecule has 0 bridgehead atoms. The molecule has 0 atom stereocenters. The maximum atomic E-state index is 12.9. The van der Waals surface area contributed by atoms with Crippen LogP contribution in [-0.4, -0.2) is 9.91 Å². The fourth-order valence-corrected chi connectivity index (χ4v) is 1.73. The summed E-state index contributed by atoms with van der Waals surface area (Å²) >= 11 is 0. The van der Waals surface area contributed by atoms with Gasteiger partial charge in [0.15, 0.2) is 0 Å². The van der Waals surface area contributed by atoms with Crippen LogP contribution >= 0.6 is 0 Å². The normalized spacial score (nSPS) is 11.3. The number of halogens is 3. The highest BCUT2D eigenvalue weighted by Crippen LogP contribution is 2.37. The number of nitrogen functional groups attached to an aromatic ring is 1. The summed E-state index contributed by atoms with van der Waals surface area (Å²) in [7, 11) is 0. The van der Waals surface area contributed by atoms with Crippen molar-refractivity contribution in [2.24, 2.45) is 0 Å². The Morgan fingerprint density at radius 3 is 2.35 bits per heavy atom. The number of hydrogen-bond donors (Lipinski definition) is 1. The first kappa shape index (κ1) is 13.8. The minimum atomic E-state index is -4.55. The van der Waals surface area contributed by atoms with Crippen LogP contribution in [0.4, 0.5) is 24.7 Å². The highest BCUT2D eigenvalue weighted by atomic mass is 19.4. The lowest BCUT2D eigenvalue weighted by molar-refractivity contribution is -0.384. The van der Waals surface area contributed by atoms with Gasteiger partial charge < -0.3 is 5.73 Å². The van der Waals surface area contributed by atoms with Gasteiger partial charge in [0, 0.05) is 11.6 Å². The average molecular weight is 283 g/mol. The van der Waals surface area contributed by atoms with E-state index in [-0.39, 0.29) is 11.3 Å². The van der Waals surface area contributed by atoms with Gasteiger partial charge in [-0.05, 0) is 12.1 Å². The summed E-state index contributed by atoms with van der Waals surface area (Å²) in [6.07, 6.45) is -4.55. The number of nitro groups is 1. The van der Waals surface area contributed by atoms with E-state index in [1.165, 1.54) is 18.2 Å². The molecule has 20 heavy (non-hydrogen) atoms. The smallest absolute Gasteiger partial charge is 0.378 e. The molecule has 5 nitrogen and oxygen atoms in total. The molecular weight excluding hydrogens is 275 g/mol. The minimum absolute atomic E-state index is 0.0685. The van der Waals surface area contributed by atoms with Crippen molar-refractivity contribution < 1.29 is 18.1 Å². The Hall–Kier alpha value is -2.64. The van der Waals surface area contributed by atoms with E-state index in [0.717, 1.165) is 18.2 Å². The first-order valence-corrected chi connectivity index (χ1v) is 5.38. The molecule has 0 unspecified atom stereocenters. The van der Waals surface area contributed by atoms with Crippen molar-refractivity contribution in [3.63, 3.8) is 0 Å². The number of pyridine rings is 1. The molecule has 0 spiro atoms. The third-order valence-corrected chi connectivity index (χ3v) is 2.61. The largest absolute Gasteiger partial charge is 0.417 e. The van der Waals surface area contributed by atoms with Crippen molar-refractivity contribution in [1.82, 2.24) is 4.98 Å². The number of rotatable bonds is 2. The lowest BCUT2D eigenvalue weighted by Gasteiger charge is -2.12. The van der Waals surface area contributed by atoms with Crippen molar-refractivity contribution in [2.45, 2.75) is 6.18 Å². The summed E-state index contributed by atoms with van der Waals surface area (Å²) < 4.78 is 38.6. The Morgan fingerprint density at radius 2 is 1.80 bits per heavy atom. The second-order valence-corrected chi connectivity index (χ2v) is 3.90. The molecule has 2 aromatic rings. The van der Waals surface area contributed by atoms with Crippen molar-refractivity contribution in [3.05, 3.63) is 52.1 Å². The molecule has 2 N–H and O–H groups in total. The van der Waals surface area contributed by atoms with Gasteiger partial charge in [0.05, 0.1) is 16.2 Å². The summed E-state index contributed by atoms with van der Waals surface area (Å²) in [5.74, 6) is -0.426. The van der Waals surface area contributed by atoms with E-state index in [2.05, 4.69) is 4.98 Å². The molecule has 0 saturated heterocycles. The highest BCUT2D eigenvalue weighted by Gasteiger charge is 2.33. The fourth-order valence-electron chi connectivity index (χ4n) is 1.73. The van der Waals surface area contributed by atoms with Crippen molar-refractivity contribution in [3.8, 4) is 11.3 Å². The molecule has 2 rings (SSSR count). The molecule has 0 aliphatic carbocycles. The fraction of sp³-hybridized carbons (Fsp3) is 0.0833. The summed E-state index contributed by atoms with van der Waals surface area (Å²) in [5.41, 5.74) is 3.82. The summed E-state index contributed by atoms with van der Waals surface area (Å²) in [4.78, 5) is 13.5. The molecule has 0 aliphatic rings. The lowest BCUT2D eigenvalue weighted by atomic mass is 10.0. The summed E-state index contributed by atoms with van der Waals surface area (Å²) in [5, 5.41) is 10.6. The first-order chi connectivity index (χ1) is 9.30. The third-order valence-electron chi connectivity index (χ3n) is 2.61. The molecule has 0 radical (unpaired) electrons. The van der Waals surface area contributed by atoms with Gasteiger partial charge in [0.25, 0.3) is 0 Å². The topological polar surface area (TPSA) is 82.0 Å². The van der Waals surface area contributed by atoms with Gasteiger partial charge in [-0.25, -0.2) is 4.98 Å². The molecule has 104 valence electrons. The van der Waals surface area contributed by atoms with Crippen LogP contribution in [0.15, 0.2) is 36.4 Å². The van der Waals surface area contributed by atoms with Gasteiger partial charge in [-0.1, -0.05) is 18.2 Å². The van der Waals surface area contributed by atoms with Gasteiger partial charge in [0.2, 0.25) is 5.82 Å². The molecule has 0 saturated carbocycles. The molecule has 0 aliphatic heterocycles. The second-order valence-electron chi connectivity index (χ2n) is 3.90. The second kappa shape index (κ2) is 4.80. The monoisotopic (exact) mass is 283 g/mol. The van der Waals surface area contributed by atoms with Gasteiger partial charge in [-0.2, -0.15) is 13.2 Å². The van der Waals surface area contributed by atoms with E-state index in [0.29, 0.717) is 0 Å². The predicted molar refractivity (Wildman–Crippen MR) is 65.7 cm³/mol. The molecule has 1 aromatic carbocycles. The predicted octanol–water partition coefficient (Wildman–Crippen LogP) is 3.26. The maximum Gasteiger partial charge on any atom is 0.417 e. The van der Waals surface area contributed by atoms with Gasteiger partial charge in [-0.15, -0.1) is 0 Å². The van der Waals surface area contributed by atoms with Crippen LogP contribution in [0.25, 0.3) is 11.3 Å². The van der Waals surface area contributed by atoms with E-state index in [4.69, 9.17) is 5.73 Å². The number of anilines is 1. The molecule has 0 fully saturated rings. The number of nitrogens with zero attached hydrogens (tertiary/aromatic N) is 2. The van der Waals surface area contributed by atoms with Crippen molar-refractivity contribution in [1.29, 1.82) is 0 Å². The Labute approximate surface area is 111 Å². The summed E-state index contributed by atoms with van der Waals surface area (Å²) in [6.45, 7) is 0. The number of aromatic nitrogens is 1. The molecule has 1 heterocycles. The van der Waals surface area contributed by atoms with Crippen LogP contribution in [-0.2, 0) is 6.18 Å². The Morgan fingerprint density at radius 1 is 1.15 bits per heavy atom. The standard InChI is InChI=1S/C12H8F3N3O2/c13-12(14,15)8-4-2-1-3-7(8)9-5-6-10(18(19)20)11(16)17-9/h1-6H,(H2,16,17). The maximum absolute atomic E-state index is 12.9. The van der Waals surface area contributed by atoms with E-state index < -0.39 is 28.2 Å². The molecule has 1 aromatic heterocycles. The van der Waals surface area contributed by atoms with Gasteiger partial charge >= 0.3 is 11.9 Å². The van der Waals surface area contributed by atoms with E-state index in [9.17, 15) is 23.3 Å². The average Bonchev–Trinajstić information content (AvgIpc) is 2.37. The Bertz CT molecular complexity index is 671. The van der Waals surface area contributed by atoms with Gasteiger partial charge in [-0.3, -0.25) is 10.1 Å². The van der Waals surface area contributed by atoms with Gasteiger partial charge in [0.1, 0.15) is 0 Å². The third kappa shape index (κ3) is 2.53. The Kier molecular flexibility index (Phi) is 3.31. The van der Waals surface area contributed by atoms with Crippen LogP contribution in [0, 0.1) is 10.1 Å². The molecular formula is C12H8F3N3O2. The first-order valence-electron chi connectivity index (χ1n) is 5.38. The molecule has 0 amide bonds. The zero-order chi connectivity index (χ0) is 14.9. The minimum Gasteiger partial charge on any atom is -0.378 e. The van der Waals surface area contributed by atoms with Crippen LogP contribution < -0.4 is 5.73 Å². The SMILES string of the molecule is Nc1nc(-c2ccccc2C(F)(F)F)ccc1[N+](=O)[O-]. The zero-order valence-electron chi connectivity index (χ0n) is 9.89. The lowest BCUT2D eigenvalue weighted by Crippen LogP contribution is -2.08. The summed E-state index contributed by atoms with van der Waals surface area (Å²) in [6, 6.07) is 6.99. The highest BCUT2D eigenvalue weighted by molar-refractivity contribution is 5.68. The van der Waals surface area contributed by atoms with Crippen LogP contribution in [0.5, 0.6) is 0 Å². The van der Waals surface area contributed by atoms with Crippen LogP contribution in [0.1, 0.15) is 5.56 Å². The van der Waals surface area contributed by atoms with Crippen molar-refractivity contribution >= 4 is 11.5 Å². The number of nitrogens with two attached hydrogens (primary N) is 1. The quantitative estimate of drug-likeness (QED) is 0.677. The van der Waals surface area contributed by atoms with Crippen LogP contribution in [0.3, 0.4) is 0 Å². The van der Waals surface area contributed by atoms with Crippen molar-refractivity contribution in [2.75, 3.05) is 5.73 Å². The number of hydrogen-bond acceptors (Lipinski definition) is 4. The van der Waals surface area contributed by atoms with E-state index >= 15 is 0 Å². The number of alkyl halides is 3. The molecule has 8 heteroatoms. The van der Waals surface area contributed by atoms with Crippen LogP contribution in [0.2, 0.25) is 0 Å². The number of benzene rings is 1. The zero-order valence-corrected chi connectivity index (χ0v) is 9.89. The Balaban J connectivity index is 2.59. The van der Waals surface area contributed by atoms with E-state index in [1.54, 1.807) is 0 Å².